The smallest absolute Gasteiger partial charge is 0.272 e. The van der Waals surface area contributed by atoms with Crippen LogP contribution >= 0.6 is 0 Å². The van der Waals surface area contributed by atoms with Gasteiger partial charge in [-0.2, -0.15) is 0 Å². The van der Waals surface area contributed by atoms with Crippen molar-refractivity contribution in [1.82, 2.24) is 14.9 Å². The molecule has 0 spiro atoms. The van der Waals surface area contributed by atoms with E-state index in [0.29, 0.717) is 36.2 Å². The van der Waals surface area contributed by atoms with E-state index in [1.807, 2.05) is 68.4 Å². The highest BCUT2D eigenvalue weighted by atomic mass is 16.5. The molecule has 1 heterocycles. The minimum atomic E-state index is -0.104. The molecule has 0 unspecified atom stereocenters. The third kappa shape index (κ3) is 4.65. The van der Waals surface area contributed by atoms with Crippen molar-refractivity contribution < 1.29 is 9.53 Å². The monoisotopic (exact) mass is 376 g/mol. The molecule has 1 aromatic heterocycles. The summed E-state index contributed by atoms with van der Waals surface area (Å²) in [4.78, 5) is 23.1. The molecular weight excluding hydrogens is 352 g/mol. The lowest BCUT2D eigenvalue weighted by Crippen LogP contribution is -2.31. The Kier molecular flexibility index (Phi) is 6.22. The van der Waals surface area contributed by atoms with Gasteiger partial charge in [0.1, 0.15) is 23.1 Å². The Bertz CT molecular complexity index is 940. The number of aromatic nitrogens is 2. The molecule has 0 saturated carbocycles. The SMILES string of the molecule is CCN(CC)C(=O)c1cc(Nc2ccccc2Oc2ccccc2)nc(C)n1. The number of rotatable bonds is 7. The topological polar surface area (TPSA) is 67.4 Å². The van der Waals surface area contributed by atoms with Crippen molar-refractivity contribution in [2.24, 2.45) is 0 Å². The highest BCUT2D eigenvalue weighted by molar-refractivity contribution is 5.93. The van der Waals surface area contributed by atoms with Crippen molar-refractivity contribution in [3.63, 3.8) is 0 Å². The Hall–Kier alpha value is -3.41. The molecule has 0 aliphatic heterocycles. The second-order valence-electron chi connectivity index (χ2n) is 6.20. The van der Waals surface area contributed by atoms with Gasteiger partial charge in [0.2, 0.25) is 0 Å². The van der Waals surface area contributed by atoms with E-state index in [0.717, 1.165) is 11.4 Å². The summed E-state index contributed by atoms with van der Waals surface area (Å²) in [5.41, 5.74) is 1.13. The maximum Gasteiger partial charge on any atom is 0.272 e. The predicted octanol–water partition coefficient (Wildman–Crippen LogP) is 4.80. The van der Waals surface area contributed by atoms with Gasteiger partial charge < -0.3 is 15.0 Å². The third-order valence-corrected chi connectivity index (χ3v) is 4.23. The van der Waals surface area contributed by atoms with Crippen LogP contribution in [0.3, 0.4) is 0 Å². The van der Waals surface area contributed by atoms with Crippen LogP contribution in [0.4, 0.5) is 11.5 Å². The number of ether oxygens (including phenoxy) is 1. The average molecular weight is 376 g/mol. The predicted molar refractivity (Wildman–Crippen MR) is 110 cm³/mol. The zero-order valence-electron chi connectivity index (χ0n) is 16.3. The van der Waals surface area contributed by atoms with Crippen molar-refractivity contribution in [3.8, 4) is 11.5 Å². The lowest BCUT2D eigenvalue weighted by atomic mass is 10.2. The first-order valence-electron chi connectivity index (χ1n) is 9.34. The number of hydrogen-bond acceptors (Lipinski definition) is 5. The Morgan fingerprint density at radius 3 is 2.39 bits per heavy atom. The third-order valence-electron chi connectivity index (χ3n) is 4.23. The molecule has 2 aromatic carbocycles. The summed E-state index contributed by atoms with van der Waals surface area (Å²) in [5.74, 6) is 2.39. The van der Waals surface area contributed by atoms with Gasteiger partial charge in [-0.05, 0) is 45.0 Å². The molecule has 6 heteroatoms. The van der Waals surface area contributed by atoms with Crippen LogP contribution < -0.4 is 10.1 Å². The van der Waals surface area contributed by atoms with Gasteiger partial charge in [-0.3, -0.25) is 4.79 Å². The fraction of sp³-hybridized carbons (Fsp3) is 0.227. The molecule has 0 saturated heterocycles. The van der Waals surface area contributed by atoms with Gasteiger partial charge in [0.05, 0.1) is 5.69 Å². The standard InChI is InChI=1S/C22H24N4O2/c1-4-26(5-2)22(27)19-15-21(24-16(3)23-19)25-18-13-9-10-14-20(18)28-17-11-7-6-8-12-17/h6-15H,4-5H2,1-3H3,(H,23,24,25). The normalized spacial score (nSPS) is 10.4. The van der Waals surface area contributed by atoms with E-state index in [9.17, 15) is 4.79 Å². The highest BCUT2D eigenvalue weighted by Gasteiger charge is 2.16. The molecule has 144 valence electrons. The fourth-order valence-corrected chi connectivity index (χ4v) is 2.83. The average Bonchev–Trinajstić information content (AvgIpc) is 2.71. The van der Waals surface area contributed by atoms with E-state index in [1.165, 1.54) is 0 Å². The number of benzene rings is 2. The summed E-state index contributed by atoms with van der Waals surface area (Å²) in [7, 11) is 0. The van der Waals surface area contributed by atoms with E-state index in [-0.39, 0.29) is 5.91 Å². The van der Waals surface area contributed by atoms with Crippen LogP contribution in [0.5, 0.6) is 11.5 Å². The van der Waals surface area contributed by atoms with E-state index < -0.39 is 0 Å². The van der Waals surface area contributed by atoms with E-state index in [2.05, 4.69) is 15.3 Å². The van der Waals surface area contributed by atoms with Gasteiger partial charge >= 0.3 is 0 Å². The summed E-state index contributed by atoms with van der Waals surface area (Å²) >= 11 is 0. The van der Waals surface area contributed by atoms with Crippen LogP contribution in [-0.2, 0) is 0 Å². The Labute approximate surface area is 165 Å². The Morgan fingerprint density at radius 1 is 1.00 bits per heavy atom. The lowest BCUT2D eigenvalue weighted by Gasteiger charge is -2.19. The quantitative estimate of drug-likeness (QED) is 0.641. The van der Waals surface area contributed by atoms with Crippen molar-refractivity contribution in [3.05, 3.63) is 72.2 Å². The van der Waals surface area contributed by atoms with Crippen LogP contribution in [0.25, 0.3) is 0 Å². The van der Waals surface area contributed by atoms with E-state index >= 15 is 0 Å². The first-order valence-corrected chi connectivity index (χ1v) is 9.34. The molecule has 3 rings (SSSR count). The largest absolute Gasteiger partial charge is 0.455 e. The maximum absolute atomic E-state index is 12.7. The number of carbonyl (C=O) groups is 1. The summed E-state index contributed by atoms with van der Waals surface area (Å²) in [6.07, 6.45) is 0. The molecule has 0 aliphatic carbocycles. The van der Waals surface area contributed by atoms with Gasteiger partial charge in [0, 0.05) is 19.2 Å². The molecule has 0 fully saturated rings. The number of carbonyl (C=O) groups excluding carboxylic acids is 1. The van der Waals surface area contributed by atoms with Crippen LogP contribution in [-0.4, -0.2) is 33.9 Å². The molecule has 0 radical (unpaired) electrons. The number of nitrogens with zero attached hydrogens (tertiary/aromatic N) is 3. The molecule has 0 bridgehead atoms. The zero-order chi connectivity index (χ0) is 19.9. The number of nitrogens with one attached hydrogen (secondary N) is 1. The molecule has 3 aromatic rings. The number of hydrogen-bond donors (Lipinski definition) is 1. The zero-order valence-corrected chi connectivity index (χ0v) is 16.3. The minimum Gasteiger partial charge on any atom is -0.455 e. The van der Waals surface area contributed by atoms with Crippen molar-refractivity contribution in [2.75, 3.05) is 18.4 Å². The molecule has 0 atom stereocenters. The number of aryl methyl sites for hydroxylation is 1. The summed E-state index contributed by atoms with van der Waals surface area (Å²) in [6, 6.07) is 18.8. The van der Waals surface area contributed by atoms with Gasteiger partial charge in [-0.1, -0.05) is 30.3 Å². The highest BCUT2D eigenvalue weighted by Crippen LogP contribution is 2.31. The second-order valence-corrected chi connectivity index (χ2v) is 6.20. The first kappa shape index (κ1) is 19.4. The summed E-state index contributed by atoms with van der Waals surface area (Å²) in [6.45, 7) is 6.94. The van der Waals surface area contributed by atoms with E-state index in [4.69, 9.17) is 4.74 Å². The Morgan fingerprint density at radius 2 is 1.68 bits per heavy atom. The second kappa shape index (κ2) is 8.99. The lowest BCUT2D eigenvalue weighted by molar-refractivity contribution is 0.0766. The van der Waals surface area contributed by atoms with E-state index in [1.54, 1.807) is 17.9 Å². The maximum atomic E-state index is 12.7. The van der Waals surface area contributed by atoms with Crippen molar-refractivity contribution in [2.45, 2.75) is 20.8 Å². The molecule has 1 amide bonds. The van der Waals surface area contributed by atoms with Crippen LogP contribution in [0, 0.1) is 6.92 Å². The van der Waals surface area contributed by atoms with Gasteiger partial charge in [-0.25, -0.2) is 9.97 Å². The number of anilines is 2. The summed E-state index contributed by atoms with van der Waals surface area (Å²) in [5, 5.41) is 3.26. The van der Waals surface area contributed by atoms with Gasteiger partial charge in [-0.15, -0.1) is 0 Å². The molecular formula is C22H24N4O2. The molecule has 0 aliphatic rings. The van der Waals surface area contributed by atoms with Crippen LogP contribution in [0.2, 0.25) is 0 Å². The first-order chi connectivity index (χ1) is 13.6. The van der Waals surface area contributed by atoms with Crippen molar-refractivity contribution >= 4 is 17.4 Å². The van der Waals surface area contributed by atoms with Crippen LogP contribution in [0.15, 0.2) is 60.7 Å². The summed E-state index contributed by atoms with van der Waals surface area (Å²) < 4.78 is 5.98. The van der Waals surface area contributed by atoms with Gasteiger partial charge in [0.15, 0.2) is 5.75 Å². The molecule has 1 N–H and O–H groups in total. The molecule has 6 nitrogen and oxygen atoms in total. The Balaban J connectivity index is 1.87. The van der Waals surface area contributed by atoms with Gasteiger partial charge in [0.25, 0.3) is 5.91 Å². The number of amides is 1. The fourth-order valence-electron chi connectivity index (χ4n) is 2.83. The van der Waals surface area contributed by atoms with Crippen molar-refractivity contribution in [1.29, 1.82) is 0 Å². The number of para-hydroxylation sites is 3. The van der Waals surface area contributed by atoms with Crippen LogP contribution in [0.1, 0.15) is 30.2 Å². The minimum absolute atomic E-state index is 0.104. The molecule has 28 heavy (non-hydrogen) atoms.